The Hall–Kier alpha value is -2.39. The van der Waals surface area contributed by atoms with E-state index in [9.17, 15) is 9.36 Å². The van der Waals surface area contributed by atoms with Crippen LogP contribution >= 0.6 is 8.46 Å². The third kappa shape index (κ3) is 2.95. The van der Waals surface area contributed by atoms with Crippen LogP contribution in [0.25, 0.3) is 0 Å². The second-order valence-corrected chi connectivity index (χ2v) is 5.01. The number of benzene rings is 2. The van der Waals surface area contributed by atoms with Crippen molar-refractivity contribution in [2.75, 3.05) is 21.3 Å². The zero-order valence-electron chi connectivity index (χ0n) is 12.5. The molecule has 0 radical (unpaired) electrons. The highest BCUT2D eigenvalue weighted by molar-refractivity contribution is 7.34. The first-order chi connectivity index (χ1) is 10.7. The molecule has 0 bridgehead atoms. The molecule has 0 saturated carbocycles. The summed E-state index contributed by atoms with van der Waals surface area (Å²) in [6, 6.07) is 9.89. The topological polar surface area (TPSA) is 61.8 Å². The fraction of sp³-hybridized carbons (Fsp3) is 0.188. The lowest BCUT2D eigenvalue weighted by Gasteiger charge is -2.14. The van der Waals surface area contributed by atoms with Crippen LogP contribution in [0.4, 0.5) is 0 Å². The maximum atomic E-state index is 12.8. The van der Waals surface area contributed by atoms with Crippen molar-refractivity contribution < 1.29 is 23.6 Å². The minimum absolute atomic E-state index is 0.221. The second kappa shape index (κ2) is 7.05. The normalized spacial score (nSPS) is 10.3. The number of carbonyl (C=O) groups excluding carboxylic acids is 1. The predicted molar refractivity (Wildman–Crippen MR) is 83.2 cm³/mol. The van der Waals surface area contributed by atoms with Crippen LogP contribution in [0.1, 0.15) is 15.9 Å². The molecule has 22 heavy (non-hydrogen) atoms. The number of rotatable bonds is 6. The molecule has 5 nitrogen and oxygen atoms in total. The summed E-state index contributed by atoms with van der Waals surface area (Å²) in [5.74, 6) is 0.855. The van der Waals surface area contributed by atoms with Crippen molar-refractivity contribution in [1.82, 2.24) is 0 Å². The van der Waals surface area contributed by atoms with Gasteiger partial charge in [-0.1, -0.05) is 12.1 Å². The van der Waals surface area contributed by atoms with E-state index in [1.165, 1.54) is 21.3 Å². The molecule has 0 saturated heterocycles. The van der Waals surface area contributed by atoms with E-state index in [1.54, 1.807) is 36.4 Å². The molecule has 0 N–H and O–H groups in total. The van der Waals surface area contributed by atoms with Gasteiger partial charge in [0.1, 0.15) is 22.8 Å². The Balaban J connectivity index is 2.65. The third-order valence-corrected chi connectivity index (χ3v) is 3.78. The highest BCUT2D eigenvalue weighted by Gasteiger charge is 2.23. The van der Waals surface area contributed by atoms with Gasteiger partial charge in [-0.15, -0.1) is 0 Å². The van der Waals surface area contributed by atoms with Crippen molar-refractivity contribution in [2.24, 2.45) is 0 Å². The molecule has 0 aliphatic rings. The number of hydrogen-bond donors (Lipinski definition) is 0. The number of ether oxygens (including phenoxy) is 3. The van der Waals surface area contributed by atoms with Crippen LogP contribution in [-0.4, -0.2) is 27.1 Å². The van der Waals surface area contributed by atoms with E-state index in [4.69, 9.17) is 14.2 Å². The van der Waals surface area contributed by atoms with Gasteiger partial charge >= 0.3 is 0 Å². The Kier molecular flexibility index (Phi) is 5.12. The lowest BCUT2D eigenvalue weighted by atomic mass is 10.0. The summed E-state index contributed by atoms with van der Waals surface area (Å²) in [5.41, 5.74) is 0.600. The first-order valence-electron chi connectivity index (χ1n) is 6.43. The molecule has 0 amide bonds. The molecule has 0 aromatic heterocycles. The predicted octanol–water partition coefficient (Wildman–Crippen LogP) is 2.86. The van der Waals surface area contributed by atoms with Gasteiger partial charge in [0, 0.05) is 17.7 Å². The molecule has 6 heteroatoms. The van der Waals surface area contributed by atoms with Crippen LogP contribution in [0.2, 0.25) is 0 Å². The average molecular weight is 318 g/mol. The minimum Gasteiger partial charge on any atom is -0.496 e. The molecule has 2 rings (SSSR count). The van der Waals surface area contributed by atoms with Crippen LogP contribution < -0.4 is 19.5 Å². The van der Waals surface area contributed by atoms with Gasteiger partial charge in [0.05, 0.1) is 26.6 Å². The monoisotopic (exact) mass is 318 g/mol. The molecular formula is C16H15O5P. The lowest BCUT2D eigenvalue weighted by Crippen LogP contribution is -2.13. The first-order valence-corrected chi connectivity index (χ1v) is 7.24. The van der Waals surface area contributed by atoms with Crippen LogP contribution in [0, 0.1) is 0 Å². The van der Waals surface area contributed by atoms with Crippen LogP contribution in [0.3, 0.4) is 0 Å². The molecule has 0 fully saturated rings. The van der Waals surface area contributed by atoms with Crippen molar-refractivity contribution in [1.29, 1.82) is 0 Å². The molecular weight excluding hydrogens is 303 g/mol. The Morgan fingerprint density at radius 3 is 2.05 bits per heavy atom. The Bertz CT molecular complexity index is 686. The summed E-state index contributed by atoms with van der Waals surface area (Å²) >= 11 is 0. The summed E-state index contributed by atoms with van der Waals surface area (Å²) in [6.07, 6.45) is 0. The van der Waals surface area contributed by atoms with E-state index in [1.807, 2.05) is 0 Å². The standard InChI is InChI=1S/C16H15O5P/c1-19-10-8-12(20-2)15(13(9-10)21-3)16(17)11-6-4-5-7-14(11)22-18/h4-9H,1-3H3. The average Bonchev–Trinajstić information content (AvgIpc) is 2.59. The van der Waals surface area contributed by atoms with E-state index in [-0.39, 0.29) is 19.8 Å². The number of carbonyl (C=O) groups is 1. The zero-order chi connectivity index (χ0) is 16.1. The maximum Gasteiger partial charge on any atom is 0.201 e. The fourth-order valence-electron chi connectivity index (χ4n) is 2.11. The molecule has 114 valence electrons. The third-order valence-electron chi connectivity index (χ3n) is 3.19. The van der Waals surface area contributed by atoms with Gasteiger partial charge in [0.2, 0.25) is 5.78 Å². The molecule has 2 aromatic carbocycles. The van der Waals surface area contributed by atoms with Crippen molar-refractivity contribution >= 4 is 19.5 Å². The summed E-state index contributed by atoms with van der Waals surface area (Å²) in [7, 11) is 4.22. The number of methoxy groups -OCH3 is 3. The van der Waals surface area contributed by atoms with Crippen molar-refractivity contribution in [3.05, 3.63) is 47.5 Å². The molecule has 0 unspecified atom stereocenters. The van der Waals surface area contributed by atoms with Gasteiger partial charge in [-0.2, -0.15) is 0 Å². The smallest absolute Gasteiger partial charge is 0.201 e. The first kappa shape index (κ1) is 16.0. The van der Waals surface area contributed by atoms with Crippen LogP contribution in [0.5, 0.6) is 17.2 Å². The molecule has 0 spiro atoms. The van der Waals surface area contributed by atoms with Gasteiger partial charge in [0.25, 0.3) is 0 Å². The fourth-order valence-corrected chi connectivity index (χ4v) is 2.53. The summed E-state index contributed by atoms with van der Waals surface area (Å²) < 4.78 is 27.0. The SMILES string of the molecule is COc1cc(OC)c(C(=O)c2ccccc2P=O)c(OC)c1. The van der Waals surface area contributed by atoms with Crippen molar-refractivity contribution in [2.45, 2.75) is 0 Å². The molecule has 0 aliphatic carbocycles. The van der Waals surface area contributed by atoms with Gasteiger partial charge in [-0.25, -0.2) is 0 Å². The molecule has 0 aliphatic heterocycles. The summed E-state index contributed by atoms with van der Waals surface area (Å²) in [4.78, 5) is 12.8. The summed E-state index contributed by atoms with van der Waals surface area (Å²) in [6.45, 7) is 0. The van der Waals surface area contributed by atoms with E-state index < -0.39 is 0 Å². The molecule has 0 heterocycles. The van der Waals surface area contributed by atoms with E-state index in [0.717, 1.165) is 0 Å². The Morgan fingerprint density at radius 1 is 0.955 bits per heavy atom. The number of hydrogen-bond acceptors (Lipinski definition) is 5. The largest absolute Gasteiger partial charge is 0.496 e. The van der Waals surface area contributed by atoms with E-state index in [2.05, 4.69) is 0 Å². The minimum atomic E-state index is -0.324. The summed E-state index contributed by atoms with van der Waals surface area (Å²) in [5, 5.41) is 0.410. The number of ketones is 1. The maximum absolute atomic E-state index is 12.8. The van der Waals surface area contributed by atoms with Gasteiger partial charge in [0.15, 0.2) is 8.46 Å². The van der Waals surface area contributed by atoms with Gasteiger partial charge in [-0.3, -0.25) is 9.36 Å². The van der Waals surface area contributed by atoms with E-state index in [0.29, 0.717) is 28.1 Å². The second-order valence-electron chi connectivity index (χ2n) is 4.34. The van der Waals surface area contributed by atoms with Crippen molar-refractivity contribution in [3.8, 4) is 17.2 Å². The van der Waals surface area contributed by atoms with Gasteiger partial charge < -0.3 is 14.2 Å². The highest BCUT2D eigenvalue weighted by atomic mass is 31.1. The molecule has 0 atom stereocenters. The Morgan fingerprint density at radius 2 is 1.55 bits per heavy atom. The van der Waals surface area contributed by atoms with Crippen LogP contribution in [0.15, 0.2) is 36.4 Å². The Labute approximate surface area is 130 Å². The van der Waals surface area contributed by atoms with Gasteiger partial charge in [-0.05, 0) is 12.1 Å². The van der Waals surface area contributed by atoms with Crippen LogP contribution in [-0.2, 0) is 4.57 Å². The quantitative estimate of drug-likeness (QED) is 0.605. The zero-order valence-corrected chi connectivity index (χ0v) is 13.3. The molecule has 2 aromatic rings. The highest BCUT2D eigenvalue weighted by Crippen LogP contribution is 2.35. The van der Waals surface area contributed by atoms with Crippen molar-refractivity contribution in [3.63, 3.8) is 0 Å². The lowest BCUT2D eigenvalue weighted by molar-refractivity contribution is 0.103. The van der Waals surface area contributed by atoms with E-state index >= 15 is 0 Å².